The van der Waals surface area contributed by atoms with E-state index in [0.717, 1.165) is 0 Å². The molecule has 0 saturated heterocycles. The van der Waals surface area contributed by atoms with Crippen molar-refractivity contribution in [1.82, 2.24) is 15.0 Å². The van der Waals surface area contributed by atoms with Gasteiger partial charge >= 0.3 is 37.7 Å². The molecule has 0 bridgehead atoms. The summed E-state index contributed by atoms with van der Waals surface area (Å²) in [5.41, 5.74) is 0.273. The van der Waals surface area contributed by atoms with Gasteiger partial charge in [0.25, 0.3) is 0 Å². The zero-order chi connectivity index (χ0) is 30.4. The van der Waals surface area contributed by atoms with Gasteiger partial charge in [-0.05, 0) is 36.4 Å². The zero-order valence-electron chi connectivity index (χ0n) is 21.6. The Bertz CT molecular complexity index is 1760. The minimum atomic E-state index is -1.35. The molecule has 0 spiro atoms. The summed E-state index contributed by atoms with van der Waals surface area (Å²) in [5, 5.41) is 61.8. The molecule has 0 fully saturated rings. The molecule has 43 heavy (non-hydrogen) atoms. The number of carbonyl (C=O) groups excluding carboxylic acids is 3. The smallest absolute Gasteiger partial charge is 0.543 e. The summed E-state index contributed by atoms with van der Waals surface area (Å²) in [4.78, 5) is 42.8. The number of carboxylic acids is 3. The molecule has 0 atom stereocenters. The molecular weight excluding hydrogens is 711 g/mol. The molecule has 6 rings (SSSR count). The zero-order valence-corrected chi connectivity index (χ0v) is 23.5. The van der Waals surface area contributed by atoms with E-state index < -0.39 is 17.9 Å². The van der Waals surface area contributed by atoms with Gasteiger partial charge in [-0.15, -0.1) is 0 Å². The molecule has 13 heteroatoms. The van der Waals surface area contributed by atoms with Crippen LogP contribution in [0.1, 0.15) is 31.5 Å². The second kappa shape index (κ2) is 14.2. The van der Waals surface area contributed by atoms with E-state index in [-0.39, 0.29) is 88.6 Å². The van der Waals surface area contributed by atoms with E-state index in [4.69, 9.17) is 0 Å². The number of aromatic hydroxyl groups is 3. The molecule has 3 aromatic heterocycles. The van der Waals surface area contributed by atoms with Crippen molar-refractivity contribution in [3.63, 3.8) is 0 Å². The fraction of sp³-hybridized carbons (Fsp3) is 0. The largest absolute Gasteiger partial charge is 3.00 e. The third kappa shape index (κ3) is 7.83. The Hall–Kier alpha value is -5.04. The van der Waals surface area contributed by atoms with Crippen LogP contribution < -0.4 is 15.3 Å². The first-order valence-corrected chi connectivity index (χ1v) is 12.0. The number of aromatic nitrogens is 3. The van der Waals surface area contributed by atoms with E-state index in [2.05, 4.69) is 15.0 Å². The van der Waals surface area contributed by atoms with Gasteiger partial charge in [-0.25, -0.2) is 15.0 Å². The standard InChI is InChI=1S/3C10H7NO3.Ho/c3*12-8-3-1-2-6-4-5-7(10(13)14)11-9(6)8;/h3*1-5,12H,(H,13,14);/q;;;+3/p-3. The number of rotatable bonds is 3. The number of hydrogen-bond acceptors (Lipinski definition) is 12. The molecule has 6 aromatic rings. The Morgan fingerprint density at radius 1 is 0.442 bits per heavy atom. The van der Waals surface area contributed by atoms with Gasteiger partial charge in [0.1, 0.15) is 33.8 Å². The van der Waals surface area contributed by atoms with Crippen LogP contribution in [-0.4, -0.2) is 48.2 Å². The maximum Gasteiger partial charge on any atom is 3.00 e. The Morgan fingerprint density at radius 3 is 0.930 bits per heavy atom. The van der Waals surface area contributed by atoms with Crippen molar-refractivity contribution < 1.29 is 82.8 Å². The molecule has 0 radical (unpaired) electrons. The Morgan fingerprint density at radius 2 is 0.698 bits per heavy atom. The SMILES string of the molecule is O=C([O-])c1ccc2cccc(O)c2n1.O=C([O-])c1ccc2cccc(O)c2n1.O=C([O-])c1ccc2cccc(O)c2n1.[Ho+3]. The van der Waals surface area contributed by atoms with Crippen molar-refractivity contribution in [3.8, 4) is 17.2 Å². The van der Waals surface area contributed by atoms with Gasteiger partial charge in [-0.2, -0.15) is 0 Å². The summed E-state index contributed by atoms with van der Waals surface area (Å²) < 4.78 is 0. The number of phenols is 3. The first-order valence-electron chi connectivity index (χ1n) is 12.0. The first-order chi connectivity index (χ1) is 20.0. The molecular formula is C30H18HoN3O9. The quantitative estimate of drug-likeness (QED) is 0.217. The van der Waals surface area contributed by atoms with Crippen LogP contribution in [0.4, 0.5) is 0 Å². The van der Waals surface area contributed by atoms with Crippen LogP contribution in [0.5, 0.6) is 17.2 Å². The van der Waals surface area contributed by atoms with E-state index in [1.54, 1.807) is 54.6 Å². The van der Waals surface area contributed by atoms with Crippen molar-refractivity contribution in [2.45, 2.75) is 0 Å². The maximum atomic E-state index is 10.5. The van der Waals surface area contributed by atoms with Crippen LogP contribution in [-0.2, 0) is 0 Å². The summed E-state index contributed by atoms with van der Waals surface area (Å²) in [5.74, 6) is -4.16. The summed E-state index contributed by atoms with van der Waals surface area (Å²) >= 11 is 0. The minimum absolute atomic E-state index is 0. The molecule has 0 aliphatic carbocycles. The molecule has 0 unspecified atom stereocenters. The number of aromatic carboxylic acids is 3. The van der Waals surface area contributed by atoms with E-state index in [0.29, 0.717) is 16.2 Å². The average Bonchev–Trinajstić information content (AvgIpc) is 2.98. The fourth-order valence-corrected chi connectivity index (χ4v) is 3.74. The molecule has 3 heterocycles. The fourth-order valence-electron chi connectivity index (χ4n) is 3.74. The summed E-state index contributed by atoms with van der Waals surface area (Å²) in [7, 11) is 0. The normalized spacial score (nSPS) is 10.0. The van der Waals surface area contributed by atoms with Crippen LogP contribution in [0.3, 0.4) is 0 Å². The van der Waals surface area contributed by atoms with E-state index in [1.165, 1.54) is 36.4 Å². The van der Waals surface area contributed by atoms with Crippen molar-refractivity contribution in [3.05, 3.63) is 108 Å². The number of pyridine rings is 3. The van der Waals surface area contributed by atoms with Gasteiger partial charge in [0.15, 0.2) is 0 Å². The van der Waals surface area contributed by atoms with Gasteiger partial charge < -0.3 is 45.0 Å². The number of carboxylic acid groups (broad SMARTS) is 3. The van der Waals surface area contributed by atoms with Crippen LogP contribution in [0.25, 0.3) is 32.7 Å². The summed E-state index contributed by atoms with van der Waals surface area (Å²) in [6, 6.07) is 23.3. The van der Waals surface area contributed by atoms with Crippen molar-refractivity contribution in [2.24, 2.45) is 0 Å². The second-order valence-corrected chi connectivity index (χ2v) is 8.50. The van der Waals surface area contributed by atoms with E-state index in [9.17, 15) is 45.0 Å². The van der Waals surface area contributed by atoms with Crippen LogP contribution in [0.15, 0.2) is 91.0 Å². The monoisotopic (exact) mass is 729 g/mol. The van der Waals surface area contributed by atoms with Crippen molar-refractivity contribution >= 4 is 50.6 Å². The van der Waals surface area contributed by atoms with Gasteiger partial charge in [0.2, 0.25) is 0 Å². The number of phenolic OH excluding ortho intramolecular Hbond substituents is 3. The molecule has 12 nitrogen and oxygen atoms in total. The third-order valence-corrected chi connectivity index (χ3v) is 5.72. The molecule has 0 saturated carbocycles. The van der Waals surface area contributed by atoms with E-state index >= 15 is 0 Å². The topological polar surface area (TPSA) is 220 Å². The number of hydrogen-bond donors (Lipinski definition) is 3. The third-order valence-electron chi connectivity index (χ3n) is 5.72. The number of nitrogens with zero attached hydrogens (tertiary/aromatic N) is 3. The number of fused-ring (bicyclic) bond motifs is 3. The number of para-hydroxylation sites is 3. The van der Waals surface area contributed by atoms with Crippen LogP contribution >= 0.6 is 0 Å². The molecule has 3 N–H and O–H groups in total. The van der Waals surface area contributed by atoms with Gasteiger partial charge in [0, 0.05) is 16.2 Å². The Kier molecular flexibility index (Phi) is 10.7. The Labute approximate surface area is 272 Å². The van der Waals surface area contributed by atoms with Gasteiger partial charge in [-0.1, -0.05) is 54.6 Å². The molecule has 3 aromatic carbocycles. The predicted octanol–water partition coefficient (Wildman–Crippen LogP) is 0.912. The summed E-state index contributed by atoms with van der Waals surface area (Å²) in [6.07, 6.45) is 0. The molecule has 0 amide bonds. The van der Waals surface area contributed by atoms with E-state index in [1.807, 2.05) is 0 Å². The predicted molar refractivity (Wildman–Crippen MR) is 143 cm³/mol. The molecule has 0 aliphatic rings. The average molecular weight is 729 g/mol. The van der Waals surface area contributed by atoms with Crippen molar-refractivity contribution in [1.29, 1.82) is 0 Å². The minimum Gasteiger partial charge on any atom is -0.543 e. The van der Waals surface area contributed by atoms with Gasteiger partial charge in [-0.3, -0.25) is 0 Å². The van der Waals surface area contributed by atoms with Crippen molar-refractivity contribution in [2.75, 3.05) is 0 Å². The summed E-state index contributed by atoms with van der Waals surface area (Å²) in [6.45, 7) is 0. The van der Waals surface area contributed by atoms with Crippen LogP contribution in [0, 0.1) is 37.7 Å². The second-order valence-electron chi connectivity index (χ2n) is 8.50. The number of benzene rings is 3. The first kappa shape index (κ1) is 32.5. The maximum absolute atomic E-state index is 10.5. The Balaban J connectivity index is 0.000000175. The molecule has 0 aliphatic heterocycles. The molecule has 218 valence electrons. The number of carbonyl (C=O) groups is 3. The van der Waals surface area contributed by atoms with Crippen LogP contribution in [0.2, 0.25) is 0 Å². The van der Waals surface area contributed by atoms with Gasteiger partial charge in [0.05, 0.1) is 35.0 Å².